The lowest BCUT2D eigenvalue weighted by molar-refractivity contribution is -0.131. The van der Waals surface area contributed by atoms with Gasteiger partial charge in [-0.1, -0.05) is 39.0 Å². The Balaban J connectivity index is 2.36. The molecule has 0 radical (unpaired) electrons. The van der Waals surface area contributed by atoms with Crippen molar-refractivity contribution in [3.8, 4) is 0 Å². The molecule has 0 spiro atoms. The number of carboxylic acids is 1. The second-order valence-corrected chi connectivity index (χ2v) is 4.53. The smallest absolute Gasteiger partial charge is 0.367 e. The zero-order chi connectivity index (χ0) is 14.1. The third kappa shape index (κ3) is 6.08. The normalized spacial score (nSPS) is 14.9. The Kier molecular flexibility index (Phi) is 6.71. The molecule has 1 rings (SSSR count). The molecule has 19 heavy (non-hydrogen) atoms. The summed E-state index contributed by atoms with van der Waals surface area (Å²) in [6.45, 7) is 2.18. The number of nitrogens with zero attached hydrogens (tertiary/aromatic N) is 2. The van der Waals surface area contributed by atoms with E-state index in [2.05, 4.69) is 16.9 Å². The van der Waals surface area contributed by atoms with Crippen molar-refractivity contribution in [2.75, 3.05) is 0 Å². The van der Waals surface area contributed by atoms with Crippen molar-refractivity contribution in [3.63, 3.8) is 0 Å². The quantitative estimate of drug-likeness (QED) is 0.512. The second-order valence-electron chi connectivity index (χ2n) is 4.53. The number of allylic oxidation sites excluding steroid dienone is 1. The van der Waals surface area contributed by atoms with E-state index in [4.69, 9.17) is 5.11 Å². The summed E-state index contributed by atoms with van der Waals surface area (Å²) in [5.41, 5.74) is 0.999. The molecule has 1 N–H and O–H groups in total. The number of hydrogen-bond acceptors (Lipinski definition) is 2. The lowest BCUT2D eigenvalue weighted by Crippen LogP contribution is -2.08. The molecule has 0 aromatic carbocycles. The number of urea groups is 1. The first-order valence-electron chi connectivity index (χ1n) is 6.75. The van der Waals surface area contributed by atoms with E-state index in [0.29, 0.717) is 17.8 Å². The molecule has 5 heteroatoms. The highest BCUT2D eigenvalue weighted by Gasteiger charge is 2.16. The van der Waals surface area contributed by atoms with Gasteiger partial charge < -0.3 is 5.11 Å². The van der Waals surface area contributed by atoms with Crippen LogP contribution in [0.25, 0.3) is 0 Å². The highest BCUT2D eigenvalue weighted by molar-refractivity contribution is 6.51. The van der Waals surface area contributed by atoms with E-state index < -0.39 is 12.0 Å². The summed E-state index contributed by atoms with van der Waals surface area (Å²) in [6, 6.07) is -0.536. The fraction of sp³-hybridized carbons (Fsp3) is 0.571. The van der Waals surface area contributed by atoms with Crippen LogP contribution in [0.15, 0.2) is 22.1 Å². The van der Waals surface area contributed by atoms with Gasteiger partial charge in [-0.25, -0.2) is 9.59 Å². The summed E-state index contributed by atoms with van der Waals surface area (Å²) >= 11 is 0. The maximum absolute atomic E-state index is 11.1. The third-order valence-electron chi connectivity index (χ3n) is 2.89. The Bertz CT molecular complexity index is 422. The molecule has 0 bridgehead atoms. The Hall–Kier alpha value is -1.78. The van der Waals surface area contributed by atoms with Gasteiger partial charge in [0.15, 0.2) is 0 Å². The number of amides is 2. The van der Waals surface area contributed by atoms with Crippen molar-refractivity contribution in [3.05, 3.63) is 12.2 Å². The van der Waals surface area contributed by atoms with Crippen molar-refractivity contribution in [2.45, 2.75) is 51.9 Å². The van der Waals surface area contributed by atoms with Crippen LogP contribution in [0.4, 0.5) is 4.79 Å². The number of unbranched alkanes of at least 4 members (excludes halogenated alkanes) is 5. The van der Waals surface area contributed by atoms with Crippen LogP contribution in [0.5, 0.6) is 0 Å². The summed E-state index contributed by atoms with van der Waals surface area (Å²) < 4.78 is 0. The summed E-state index contributed by atoms with van der Waals surface area (Å²) in [6.07, 6.45) is 9.96. The van der Waals surface area contributed by atoms with Crippen LogP contribution in [0.3, 0.4) is 0 Å². The van der Waals surface area contributed by atoms with Gasteiger partial charge in [0.05, 0.1) is 11.4 Å². The standard InChI is InChI=1S/C14H20N2O3/c1-2-3-4-5-6-7-8-11-12(9-10-13(17)18)16-14(19)15-11/h9-10H,2-8H2,1H3,(H,17,18). The van der Waals surface area contributed by atoms with Crippen LogP contribution in [-0.2, 0) is 4.79 Å². The zero-order valence-corrected chi connectivity index (χ0v) is 11.3. The van der Waals surface area contributed by atoms with Gasteiger partial charge in [0.25, 0.3) is 0 Å². The minimum absolute atomic E-state index is 0.390. The van der Waals surface area contributed by atoms with Crippen molar-refractivity contribution in [1.82, 2.24) is 0 Å². The molecular formula is C14H20N2O3. The predicted molar refractivity (Wildman–Crippen MR) is 75.0 cm³/mol. The number of carbonyl (C=O) groups is 2. The number of aliphatic carboxylic acids is 1. The number of rotatable bonds is 9. The number of hydrogen-bond donors (Lipinski definition) is 1. The van der Waals surface area contributed by atoms with Crippen molar-refractivity contribution in [1.29, 1.82) is 0 Å². The summed E-state index contributed by atoms with van der Waals surface area (Å²) in [5.74, 6) is -1.05. The molecule has 0 aromatic rings. The molecule has 104 valence electrons. The van der Waals surface area contributed by atoms with E-state index in [1.165, 1.54) is 31.8 Å². The fourth-order valence-corrected chi connectivity index (χ4v) is 1.91. The lowest BCUT2D eigenvalue weighted by Gasteiger charge is -2.01. The molecule has 0 aromatic heterocycles. The van der Waals surface area contributed by atoms with Gasteiger partial charge in [0.2, 0.25) is 0 Å². The predicted octanol–water partition coefficient (Wildman–Crippen LogP) is 3.39. The summed E-state index contributed by atoms with van der Waals surface area (Å²) in [7, 11) is 0. The zero-order valence-electron chi connectivity index (χ0n) is 11.3. The molecule has 1 aliphatic rings. The van der Waals surface area contributed by atoms with Crippen LogP contribution in [0.1, 0.15) is 51.9 Å². The minimum atomic E-state index is -1.05. The van der Waals surface area contributed by atoms with Gasteiger partial charge in [0.1, 0.15) is 0 Å². The highest BCUT2D eigenvalue weighted by Crippen LogP contribution is 2.11. The van der Waals surface area contributed by atoms with Gasteiger partial charge in [0, 0.05) is 6.08 Å². The van der Waals surface area contributed by atoms with Crippen LogP contribution in [0.2, 0.25) is 0 Å². The highest BCUT2D eigenvalue weighted by atomic mass is 16.4. The summed E-state index contributed by atoms with van der Waals surface area (Å²) in [4.78, 5) is 29.1. The molecule has 1 aliphatic heterocycles. The minimum Gasteiger partial charge on any atom is -0.478 e. The number of carboxylic acid groups (broad SMARTS) is 1. The van der Waals surface area contributed by atoms with E-state index in [-0.39, 0.29) is 0 Å². The maximum atomic E-state index is 11.1. The molecule has 0 unspecified atom stereocenters. The maximum Gasteiger partial charge on any atom is 0.367 e. The van der Waals surface area contributed by atoms with Crippen molar-refractivity contribution < 1.29 is 14.7 Å². The van der Waals surface area contributed by atoms with Crippen LogP contribution >= 0.6 is 0 Å². The first-order valence-corrected chi connectivity index (χ1v) is 6.75. The fourth-order valence-electron chi connectivity index (χ4n) is 1.91. The first kappa shape index (κ1) is 15.3. The van der Waals surface area contributed by atoms with Crippen LogP contribution in [0, 0.1) is 0 Å². The molecule has 0 saturated carbocycles. The lowest BCUT2D eigenvalue weighted by atomic mass is 10.0. The Morgan fingerprint density at radius 3 is 2.53 bits per heavy atom. The monoisotopic (exact) mass is 264 g/mol. The molecule has 0 aliphatic carbocycles. The first-order chi connectivity index (χ1) is 9.13. The van der Waals surface area contributed by atoms with Gasteiger partial charge >= 0.3 is 12.0 Å². The second kappa shape index (κ2) is 8.34. The van der Waals surface area contributed by atoms with Crippen LogP contribution < -0.4 is 0 Å². The molecule has 5 nitrogen and oxygen atoms in total. The van der Waals surface area contributed by atoms with Gasteiger partial charge in [-0.15, -0.1) is 0 Å². The number of aliphatic imine (C=N–C) groups is 2. The summed E-state index contributed by atoms with van der Waals surface area (Å²) in [5, 5.41) is 8.56. The van der Waals surface area contributed by atoms with Gasteiger partial charge in [-0.3, -0.25) is 0 Å². The Labute approximate surface area is 113 Å². The average Bonchev–Trinajstić information content (AvgIpc) is 2.71. The number of carbonyl (C=O) groups excluding carboxylic acids is 1. The van der Waals surface area contributed by atoms with E-state index in [1.807, 2.05) is 0 Å². The van der Waals surface area contributed by atoms with E-state index in [9.17, 15) is 9.59 Å². The van der Waals surface area contributed by atoms with E-state index in [0.717, 1.165) is 18.9 Å². The van der Waals surface area contributed by atoms with Crippen molar-refractivity contribution in [2.24, 2.45) is 9.98 Å². The van der Waals surface area contributed by atoms with Gasteiger partial charge in [-0.05, 0) is 18.9 Å². The Morgan fingerprint density at radius 1 is 1.16 bits per heavy atom. The SMILES string of the molecule is CCCCCCCCC1=NC(=O)N=C1C=CC(=O)O. The molecular weight excluding hydrogens is 244 g/mol. The van der Waals surface area contributed by atoms with Crippen molar-refractivity contribution >= 4 is 23.4 Å². The van der Waals surface area contributed by atoms with Crippen LogP contribution in [-0.4, -0.2) is 28.5 Å². The van der Waals surface area contributed by atoms with E-state index in [1.54, 1.807) is 0 Å². The molecule has 1 heterocycles. The van der Waals surface area contributed by atoms with Gasteiger partial charge in [-0.2, -0.15) is 9.98 Å². The topological polar surface area (TPSA) is 79.1 Å². The largest absolute Gasteiger partial charge is 0.478 e. The molecule has 0 fully saturated rings. The molecule has 0 saturated heterocycles. The molecule has 2 amide bonds. The molecule has 0 atom stereocenters. The Morgan fingerprint density at radius 2 is 1.84 bits per heavy atom. The third-order valence-corrected chi connectivity index (χ3v) is 2.89. The average molecular weight is 264 g/mol. The van der Waals surface area contributed by atoms with E-state index >= 15 is 0 Å².